The van der Waals surface area contributed by atoms with Gasteiger partial charge in [0.15, 0.2) is 0 Å². The fourth-order valence-electron chi connectivity index (χ4n) is 4.01. The first-order chi connectivity index (χ1) is 16.6. The van der Waals surface area contributed by atoms with Gasteiger partial charge < -0.3 is 15.2 Å². The molecule has 1 saturated heterocycles. The molecular weight excluding hydrogens is 446 g/mol. The number of rotatable bonds is 6. The molecule has 1 aliphatic heterocycles. The highest BCUT2D eigenvalue weighted by molar-refractivity contribution is 5.88. The summed E-state index contributed by atoms with van der Waals surface area (Å²) < 4.78 is 5.46. The van der Waals surface area contributed by atoms with Gasteiger partial charge >= 0.3 is 12.1 Å². The van der Waals surface area contributed by atoms with E-state index in [9.17, 15) is 19.6 Å². The lowest BCUT2D eigenvalue weighted by atomic mass is 9.99. The van der Waals surface area contributed by atoms with Crippen molar-refractivity contribution < 1.29 is 24.2 Å². The van der Waals surface area contributed by atoms with E-state index >= 15 is 0 Å². The molecule has 2 aromatic rings. The number of nitrogens with zero attached hydrogens (tertiary/aromatic N) is 2. The molecule has 1 fully saturated rings. The van der Waals surface area contributed by atoms with Crippen LogP contribution in [0.25, 0.3) is 11.1 Å². The zero-order chi connectivity index (χ0) is 25.6. The molecule has 1 heterocycles. The van der Waals surface area contributed by atoms with Crippen molar-refractivity contribution in [1.82, 2.24) is 10.2 Å². The Labute approximate surface area is 205 Å². The topological polar surface area (TPSA) is 120 Å². The molecule has 35 heavy (non-hydrogen) atoms. The fraction of sp³-hybridized carbons (Fsp3) is 0.407. The Morgan fingerprint density at radius 3 is 2.23 bits per heavy atom. The first kappa shape index (κ1) is 25.8. The Kier molecular flexibility index (Phi) is 8.13. The summed E-state index contributed by atoms with van der Waals surface area (Å²) in [6.45, 7) is 5.79. The standard InChI is InChI=1S/C27H31N3O5/c1-27(2,3)35-26(34)30-15-5-4-6-23(30)24(31)29-22(17-28)16-18-7-9-19(10-8-18)20-11-13-21(14-12-20)25(32)33/h7-14,22-23H,4-6,15-16H2,1-3H3,(H,29,31)(H,32,33). The highest BCUT2D eigenvalue weighted by atomic mass is 16.6. The number of nitriles is 1. The Morgan fingerprint density at radius 2 is 1.69 bits per heavy atom. The summed E-state index contributed by atoms with van der Waals surface area (Å²) in [5.74, 6) is -1.32. The lowest BCUT2D eigenvalue weighted by molar-refractivity contribution is -0.128. The van der Waals surface area contributed by atoms with Crippen LogP contribution in [0.4, 0.5) is 4.79 Å². The van der Waals surface area contributed by atoms with Gasteiger partial charge in [0, 0.05) is 13.0 Å². The van der Waals surface area contributed by atoms with Gasteiger partial charge in [-0.25, -0.2) is 9.59 Å². The molecule has 184 valence electrons. The van der Waals surface area contributed by atoms with Crippen LogP contribution in [0, 0.1) is 11.3 Å². The monoisotopic (exact) mass is 477 g/mol. The van der Waals surface area contributed by atoms with Crippen LogP contribution < -0.4 is 5.32 Å². The summed E-state index contributed by atoms with van der Waals surface area (Å²) in [7, 11) is 0. The SMILES string of the molecule is CC(C)(C)OC(=O)N1CCCCC1C(=O)NC(C#N)Cc1ccc(-c2ccc(C(=O)O)cc2)cc1. The first-order valence-corrected chi connectivity index (χ1v) is 11.7. The predicted molar refractivity (Wildman–Crippen MR) is 131 cm³/mol. The molecule has 2 aromatic carbocycles. The Balaban J connectivity index is 1.63. The van der Waals surface area contributed by atoms with Crippen LogP contribution in [0.5, 0.6) is 0 Å². The Bertz CT molecular complexity index is 1100. The Morgan fingerprint density at radius 1 is 1.09 bits per heavy atom. The minimum atomic E-state index is -0.973. The number of nitrogens with one attached hydrogen (secondary N) is 1. The van der Waals surface area contributed by atoms with Crippen LogP contribution >= 0.6 is 0 Å². The van der Waals surface area contributed by atoms with E-state index in [1.54, 1.807) is 45.0 Å². The molecule has 8 heteroatoms. The van der Waals surface area contributed by atoms with Crippen LogP contribution in [0.3, 0.4) is 0 Å². The molecule has 3 rings (SSSR count). The second kappa shape index (κ2) is 11.0. The van der Waals surface area contributed by atoms with Crippen LogP contribution in [0.15, 0.2) is 48.5 Å². The third kappa shape index (κ3) is 7.06. The van der Waals surface area contributed by atoms with Crippen molar-refractivity contribution in [3.63, 3.8) is 0 Å². The van der Waals surface area contributed by atoms with Crippen LogP contribution in [0.2, 0.25) is 0 Å². The van der Waals surface area contributed by atoms with E-state index in [0.29, 0.717) is 19.4 Å². The van der Waals surface area contributed by atoms with Gasteiger partial charge in [-0.15, -0.1) is 0 Å². The second-order valence-corrected chi connectivity index (χ2v) is 9.66. The number of benzene rings is 2. The molecule has 2 atom stereocenters. The third-order valence-corrected chi connectivity index (χ3v) is 5.76. The average Bonchev–Trinajstić information content (AvgIpc) is 2.83. The minimum absolute atomic E-state index is 0.223. The maximum Gasteiger partial charge on any atom is 0.410 e. The molecular formula is C27H31N3O5. The first-order valence-electron chi connectivity index (χ1n) is 11.7. The predicted octanol–water partition coefficient (Wildman–Crippen LogP) is 4.39. The molecule has 0 aliphatic carbocycles. The van der Waals surface area contributed by atoms with E-state index in [1.807, 2.05) is 24.3 Å². The van der Waals surface area contributed by atoms with Gasteiger partial charge in [0.05, 0.1) is 11.6 Å². The van der Waals surface area contributed by atoms with Gasteiger partial charge in [0.25, 0.3) is 0 Å². The molecule has 0 radical (unpaired) electrons. The molecule has 0 bridgehead atoms. The summed E-state index contributed by atoms with van der Waals surface area (Å²) >= 11 is 0. The average molecular weight is 478 g/mol. The minimum Gasteiger partial charge on any atom is -0.478 e. The van der Waals surface area contributed by atoms with Crippen molar-refractivity contribution in [1.29, 1.82) is 5.26 Å². The quantitative estimate of drug-likeness (QED) is 0.637. The lowest BCUT2D eigenvalue weighted by Gasteiger charge is -2.36. The normalized spacial score (nSPS) is 16.6. The van der Waals surface area contributed by atoms with Gasteiger partial charge in [-0.2, -0.15) is 5.26 Å². The molecule has 2 unspecified atom stereocenters. The van der Waals surface area contributed by atoms with Gasteiger partial charge in [-0.05, 0) is 68.9 Å². The van der Waals surface area contributed by atoms with Crippen molar-refractivity contribution in [2.24, 2.45) is 0 Å². The summed E-state index contributed by atoms with van der Waals surface area (Å²) in [4.78, 5) is 38.1. The molecule has 8 nitrogen and oxygen atoms in total. The zero-order valence-corrected chi connectivity index (χ0v) is 20.3. The largest absolute Gasteiger partial charge is 0.478 e. The Hall–Kier alpha value is -3.86. The van der Waals surface area contributed by atoms with Crippen LogP contribution in [0.1, 0.15) is 56.0 Å². The van der Waals surface area contributed by atoms with Crippen molar-refractivity contribution in [3.8, 4) is 17.2 Å². The number of amides is 2. The maximum atomic E-state index is 13.0. The molecule has 0 saturated carbocycles. The van der Waals surface area contributed by atoms with E-state index in [-0.39, 0.29) is 11.5 Å². The number of carbonyl (C=O) groups is 3. The molecule has 0 aromatic heterocycles. The van der Waals surface area contributed by atoms with Crippen molar-refractivity contribution in [3.05, 3.63) is 59.7 Å². The van der Waals surface area contributed by atoms with Gasteiger partial charge in [0.1, 0.15) is 17.7 Å². The van der Waals surface area contributed by atoms with E-state index in [0.717, 1.165) is 29.5 Å². The third-order valence-electron chi connectivity index (χ3n) is 5.76. The number of hydrogen-bond donors (Lipinski definition) is 2. The number of ether oxygens (including phenoxy) is 1. The molecule has 1 aliphatic rings. The fourth-order valence-corrected chi connectivity index (χ4v) is 4.01. The number of carboxylic acids is 1. The summed E-state index contributed by atoms with van der Waals surface area (Å²) in [6, 6.07) is 14.9. The smallest absolute Gasteiger partial charge is 0.410 e. The number of piperidine rings is 1. The van der Waals surface area contributed by atoms with E-state index in [1.165, 1.54) is 4.90 Å². The van der Waals surface area contributed by atoms with Crippen molar-refractivity contribution >= 4 is 18.0 Å². The number of hydrogen-bond acceptors (Lipinski definition) is 5. The maximum absolute atomic E-state index is 13.0. The molecule has 2 amide bonds. The van der Waals surface area contributed by atoms with E-state index in [4.69, 9.17) is 9.84 Å². The highest BCUT2D eigenvalue weighted by Gasteiger charge is 2.35. The van der Waals surface area contributed by atoms with E-state index < -0.39 is 29.7 Å². The van der Waals surface area contributed by atoms with Crippen molar-refractivity contribution in [2.75, 3.05) is 6.54 Å². The van der Waals surface area contributed by atoms with Gasteiger partial charge in [-0.3, -0.25) is 9.69 Å². The van der Waals surface area contributed by atoms with Crippen LogP contribution in [-0.2, 0) is 16.0 Å². The van der Waals surface area contributed by atoms with Crippen molar-refractivity contribution in [2.45, 2.75) is 64.1 Å². The summed E-state index contributed by atoms with van der Waals surface area (Å²) in [6.07, 6.45) is 1.95. The zero-order valence-electron chi connectivity index (χ0n) is 20.3. The van der Waals surface area contributed by atoms with Gasteiger partial charge in [-0.1, -0.05) is 36.4 Å². The highest BCUT2D eigenvalue weighted by Crippen LogP contribution is 2.22. The van der Waals surface area contributed by atoms with Crippen LogP contribution in [-0.4, -0.2) is 52.2 Å². The molecule has 2 N–H and O–H groups in total. The summed E-state index contributed by atoms with van der Waals surface area (Å²) in [5.41, 5.74) is 2.23. The van der Waals surface area contributed by atoms with E-state index in [2.05, 4.69) is 11.4 Å². The lowest BCUT2D eigenvalue weighted by Crippen LogP contribution is -2.54. The summed E-state index contributed by atoms with van der Waals surface area (Å²) in [5, 5.41) is 21.5. The number of carbonyl (C=O) groups excluding carboxylic acids is 2. The number of aromatic carboxylic acids is 1. The second-order valence-electron chi connectivity index (χ2n) is 9.66. The van der Waals surface area contributed by atoms with Gasteiger partial charge in [0.2, 0.25) is 5.91 Å². The number of likely N-dealkylation sites (tertiary alicyclic amines) is 1. The molecule has 0 spiro atoms. The number of carboxylic acid groups (broad SMARTS) is 1.